The molecule has 3 N–H and O–H groups in total. The van der Waals surface area contributed by atoms with E-state index in [9.17, 15) is 9.59 Å². The van der Waals surface area contributed by atoms with Gasteiger partial charge in [-0.1, -0.05) is 0 Å². The lowest BCUT2D eigenvalue weighted by Crippen LogP contribution is -2.50. The summed E-state index contributed by atoms with van der Waals surface area (Å²) in [6, 6.07) is -0.269. The largest absolute Gasteiger partial charge is 0.481 e. The van der Waals surface area contributed by atoms with Crippen molar-refractivity contribution < 1.29 is 14.7 Å². The Morgan fingerprint density at radius 1 is 1.40 bits per heavy atom. The molecular weight excluding hydrogens is 196 g/mol. The molecular formula is C10H20N2O3. The summed E-state index contributed by atoms with van der Waals surface area (Å²) in [5.41, 5.74) is -0.486. The summed E-state index contributed by atoms with van der Waals surface area (Å²) in [5, 5.41) is 14.2. The molecule has 0 aliphatic heterocycles. The number of carboxylic acid groups (broad SMARTS) is 1. The normalized spacial score (nSPS) is 13.3. The number of amides is 1. The van der Waals surface area contributed by atoms with E-state index in [-0.39, 0.29) is 18.4 Å². The second kappa shape index (κ2) is 5.70. The summed E-state index contributed by atoms with van der Waals surface area (Å²) < 4.78 is 0. The third-order valence-electron chi connectivity index (χ3n) is 2.25. The van der Waals surface area contributed by atoms with Crippen molar-refractivity contribution in [3.63, 3.8) is 0 Å². The van der Waals surface area contributed by atoms with Crippen molar-refractivity contribution in [1.82, 2.24) is 10.6 Å². The standard InChI is InChI=1S/C10H20N2O3/c1-7(11-4)9(15)12-10(2,3)6-5-8(13)14/h7,11H,5-6H2,1-4H3,(H,12,15)(H,13,14). The summed E-state index contributed by atoms with van der Waals surface area (Å²) in [7, 11) is 1.70. The Balaban J connectivity index is 4.12. The molecule has 0 bridgehead atoms. The van der Waals surface area contributed by atoms with Gasteiger partial charge in [-0.3, -0.25) is 9.59 Å². The van der Waals surface area contributed by atoms with Crippen LogP contribution in [0.5, 0.6) is 0 Å². The van der Waals surface area contributed by atoms with Crippen LogP contribution in [0.1, 0.15) is 33.6 Å². The van der Waals surface area contributed by atoms with Gasteiger partial charge >= 0.3 is 5.97 Å². The van der Waals surface area contributed by atoms with E-state index in [0.29, 0.717) is 6.42 Å². The Bertz CT molecular complexity index is 239. The Labute approximate surface area is 90.2 Å². The topological polar surface area (TPSA) is 78.4 Å². The molecule has 5 heteroatoms. The molecule has 88 valence electrons. The second-order valence-corrected chi connectivity index (χ2v) is 4.28. The van der Waals surface area contributed by atoms with Crippen LogP contribution in [-0.4, -0.2) is 35.6 Å². The Kier molecular flexibility index (Phi) is 5.28. The number of hydrogen-bond acceptors (Lipinski definition) is 3. The van der Waals surface area contributed by atoms with Gasteiger partial charge in [0.15, 0.2) is 0 Å². The van der Waals surface area contributed by atoms with Crippen molar-refractivity contribution in [2.24, 2.45) is 0 Å². The number of aliphatic carboxylic acids is 1. The van der Waals surface area contributed by atoms with Gasteiger partial charge in [0.1, 0.15) is 0 Å². The van der Waals surface area contributed by atoms with Gasteiger partial charge in [0.25, 0.3) is 0 Å². The van der Waals surface area contributed by atoms with Gasteiger partial charge in [-0.15, -0.1) is 0 Å². The van der Waals surface area contributed by atoms with Gasteiger partial charge in [-0.05, 0) is 34.2 Å². The van der Waals surface area contributed by atoms with E-state index in [1.54, 1.807) is 14.0 Å². The number of hydrogen-bond donors (Lipinski definition) is 3. The maximum absolute atomic E-state index is 11.5. The Hall–Kier alpha value is -1.10. The van der Waals surface area contributed by atoms with Gasteiger partial charge < -0.3 is 15.7 Å². The number of likely N-dealkylation sites (N-methyl/N-ethyl adjacent to an activating group) is 1. The average Bonchev–Trinajstić information content (AvgIpc) is 2.13. The number of carboxylic acids is 1. The third kappa shape index (κ3) is 6.06. The maximum Gasteiger partial charge on any atom is 0.303 e. The second-order valence-electron chi connectivity index (χ2n) is 4.28. The number of rotatable bonds is 6. The monoisotopic (exact) mass is 216 g/mol. The maximum atomic E-state index is 11.5. The highest BCUT2D eigenvalue weighted by atomic mass is 16.4. The van der Waals surface area contributed by atoms with Crippen molar-refractivity contribution in [3.05, 3.63) is 0 Å². The first-order chi connectivity index (χ1) is 6.78. The van der Waals surface area contributed by atoms with Crippen molar-refractivity contribution in [1.29, 1.82) is 0 Å². The van der Waals surface area contributed by atoms with Crippen molar-refractivity contribution in [2.45, 2.75) is 45.2 Å². The molecule has 0 rings (SSSR count). The number of nitrogens with one attached hydrogen (secondary N) is 2. The lowest BCUT2D eigenvalue weighted by atomic mass is 9.98. The quantitative estimate of drug-likeness (QED) is 0.599. The molecule has 0 spiro atoms. The van der Waals surface area contributed by atoms with E-state index in [1.165, 1.54) is 0 Å². The van der Waals surface area contributed by atoms with Crippen molar-refractivity contribution in [3.8, 4) is 0 Å². The predicted octanol–water partition coefficient (Wildman–Crippen LogP) is 0.354. The summed E-state index contributed by atoms with van der Waals surface area (Å²) >= 11 is 0. The smallest absolute Gasteiger partial charge is 0.303 e. The van der Waals surface area contributed by atoms with E-state index < -0.39 is 11.5 Å². The Morgan fingerprint density at radius 2 is 1.93 bits per heavy atom. The predicted molar refractivity (Wildman–Crippen MR) is 57.6 cm³/mol. The van der Waals surface area contributed by atoms with Gasteiger partial charge in [-0.25, -0.2) is 0 Å². The molecule has 1 atom stereocenters. The SMILES string of the molecule is CNC(C)C(=O)NC(C)(C)CCC(=O)O. The zero-order chi connectivity index (χ0) is 12.1. The van der Waals surface area contributed by atoms with Crippen LogP contribution in [0.25, 0.3) is 0 Å². The van der Waals surface area contributed by atoms with E-state index >= 15 is 0 Å². The summed E-state index contributed by atoms with van der Waals surface area (Å²) in [4.78, 5) is 21.9. The lowest BCUT2D eigenvalue weighted by Gasteiger charge is -2.27. The van der Waals surface area contributed by atoms with Crippen LogP contribution in [0.2, 0.25) is 0 Å². The van der Waals surface area contributed by atoms with Crippen LogP contribution in [0.15, 0.2) is 0 Å². The molecule has 1 unspecified atom stereocenters. The van der Waals surface area contributed by atoms with E-state index in [0.717, 1.165) is 0 Å². The summed E-state index contributed by atoms with van der Waals surface area (Å²) in [6.45, 7) is 5.38. The third-order valence-corrected chi connectivity index (χ3v) is 2.25. The van der Waals surface area contributed by atoms with Gasteiger partial charge in [0, 0.05) is 12.0 Å². The molecule has 15 heavy (non-hydrogen) atoms. The van der Waals surface area contributed by atoms with Crippen LogP contribution >= 0.6 is 0 Å². The highest BCUT2D eigenvalue weighted by Gasteiger charge is 2.23. The minimum absolute atomic E-state index is 0.0568. The minimum atomic E-state index is -0.848. The fourth-order valence-corrected chi connectivity index (χ4v) is 1.05. The van der Waals surface area contributed by atoms with Crippen molar-refractivity contribution >= 4 is 11.9 Å². The minimum Gasteiger partial charge on any atom is -0.481 e. The molecule has 0 radical (unpaired) electrons. The number of carbonyl (C=O) groups excluding carboxylic acids is 1. The van der Waals surface area contributed by atoms with Crippen LogP contribution in [0.3, 0.4) is 0 Å². The summed E-state index contributed by atoms with van der Waals surface area (Å²) in [5.74, 6) is -0.966. The van der Waals surface area contributed by atoms with Gasteiger partial charge in [-0.2, -0.15) is 0 Å². The summed E-state index contributed by atoms with van der Waals surface area (Å²) in [6.07, 6.45) is 0.478. The average molecular weight is 216 g/mol. The zero-order valence-electron chi connectivity index (χ0n) is 9.76. The highest BCUT2D eigenvalue weighted by molar-refractivity contribution is 5.82. The molecule has 0 aliphatic rings. The molecule has 0 aliphatic carbocycles. The molecule has 0 aromatic rings. The lowest BCUT2D eigenvalue weighted by molar-refractivity contribution is -0.138. The molecule has 0 heterocycles. The molecule has 0 saturated heterocycles. The van der Waals surface area contributed by atoms with Crippen LogP contribution < -0.4 is 10.6 Å². The first kappa shape index (κ1) is 13.9. The molecule has 0 saturated carbocycles. The molecule has 1 amide bonds. The Morgan fingerprint density at radius 3 is 2.33 bits per heavy atom. The van der Waals surface area contributed by atoms with E-state index in [2.05, 4.69) is 10.6 Å². The fraction of sp³-hybridized carbons (Fsp3) is 0.800. The van der Waals surface area contributed by atoms with Crippen LogP contribution in [0.4, 0.5) is 0 Å². The van der Waals surface area contributed by atoms with Crippen molar-refractivity contribution in [2.75, 3.05) is 7.05 Å². The van der Waals surface area contributed by atoms with Gasteiger partial charge in [0.2, 0.25) is 5.91 Å². The zero-order valence-corrected chi connectivity index (χ0v) is 9.76. The van der Waals surface area contributed by atoms with Crippen LogP contribution in [0, 0.1) is 0 Å². The highest BCUT2D eigenvalue weighted by Crippen LogP contribution is 2.11. The van der Waals surface area contributed by atoms with Crippen LogP contribution in [-0.2, 0) is 9.59 Å². The molecule has 0 fully saturated rings. The van der Waals surface area contributed by atoms with E-state index in [4.69, 9.17) is 5.11 Å². The first-order valence-corrected chi connectivity index (χ1v) is 4.99. The van der Waals surface area contributed by atoms with E-state index in [1.807, 2.05) is 13.8 Å². The van der Waals surface area contributed by atoms with Gasteiger partial charge in [0.05, 0.1) is 6.04 Å². The number of carbonyl (C=O) groups is 2. The molecule has 0 aromatic carbocycles. The fourth-order valence-electron chi connectivity index (χ4n) is 1.05. The first-order valence-electron chi connectivity index (χ1n) is 4.99. The molecule has 5 nitrogen and oxygen atoms in total. The molecule has 0 aromatic heterocycles.